The molecule has 38 heavy (non-hydrogen) atoms. The molecule has 1 aliphatic heterocycles. The van der Waals surface area contributed by atoms with Crippen LogP contribution in [0.15, 0.2) is 66.7 Å². The lowest BCUT2D eigenvalue weighted by Gasteiger charge is -2.15. The van der Waals surface area contributed by atoms with E-state index in [2.05, 4.69) is 5.32 Å². The normalized spacial score (nSPS) is 15.2. The van der Waals surface area contributed by atoms with Crippen molar-refractivity contribution in [1.82, 2.24) is 10.2 Å². The monoisotopic (exact) mass is 532 g/mol. The van der Waals surface area contributed by atoms with Gasteiger partial charge in [0, 0.05) is 25.7 Å². The Morgan fingerprint density at radius 1 is 0.895 bits per heavy atom. The van der Waals surface area contributed by atoms with Gasteiger partial charge in [0.2, 0.25) is 5.91 Å². The molecule has 0 spiro atoms. The lowest BCUT2D eigenvalue weighted by Crippen LogP contribution is -2.25. The molecule has 8 nitrogen and oxygen atoms in total. The van der Waals surface area contributed by atoms with Crippen molar-refractivity contribution in [3.05, 3.63) is 83.4 Å². The Labute approximate surface area is 225 Å². The zero-order valence-electron chi connectivity index (χ0n) is 21.5. The number of methoxy groups -OCH3 is 2. The number of hydrogen-bond donors (Lipinski definition) is 1. The van der Waals surface area contributed by atoms with E-state index in [0.29, 0.717) is 35.0 Å². The number of rotatable bonds is 9. The average molecular weight is 533 g/mol. The minimum absolute atomic E-state index is 0.146. The third kappa shape index (κ3) is 6.54. The van der Waals surface area contributed by atoms with Gasteiger partial charge >= 0.3 is 0 Å². The molecule has 1 N–H and O–H groups in total. The Morgan fingerprint density at radius 3 is 1.97 bits per heavy atom. The summed E-state index contributed by atoms with van der Waals surface area (Å²) in [5.41, 5.74) is 2.94. The second kappa shape index (κ2) is 11.9. The molecule has 1 unspecified atom stereocenters. The fraction of sp³-hybridized carbons (Fsp3) is 0.207. The predicted octanol–water partition coefficient (Wildman–Crippen LogP) is 5.02. The summed E-state index contributed by atoms with van der Waals surface area (Å²) >= 11 is 1.01. The van der Waals surface area contributed by atoms with Gasteiger partial charge in [0.05, 0.1) is 19.5 Å². The van der Waals surface area contributed by atoms with E-state index in [1.54, 1.807) is 52.6 Å². The molecule has 9 heteroatoms. The first-order valence-corrected chi connectivity index (χ1v) is 12.7. The van der Waals surface area contributed by atoms with Crippen LogP contribution in [-0.2, 0) is 16.0 Å². The summed E-state index contributed by atoms with van der Waals surface area (Å²) in [6.45, 7) is 0. The number of thioether (sulfide) groups is 1. The van der Waals surface area contributed by atoms with Crippen LogP contribution >= 0.6 is 11.8 Å². The highest BCUT2D eigenvalue weighted by atomic mass is 32.2. The highest BCUT2D eigenvalue weighted by Gasteiger charge is 2.31. The number of likely N-dealkylation sites (N-methyl/N-ethyl adjacent to an activating group) is 1. The molecule has 3 amide bonds. The number of carbonyl (C=O) groups excluding carboxylic acids is 3. The van der Waals surface area contributed by atoms with Crippen molar-refractivity contribution in [2.45, 2.75) is 11.7 Å². The molecule has 1 atom stereocenters. The van der Waals surface area contributed by atoms with Crippen LogP contribution in [0.5, 0.6) is 23.0 Å². The first-order valence-electron chi connectivity index (χ1n) is 11.8. The van der Waals surface area contributed by atoms with Gasteiger partial charge in [0.15, 0.2) is 0 Å². The fourth-order valence-electron chi connectivity index (χ4n) is 3.86. The summed E-state index contributed by atoms with van der Waals surface area (Å²) in [7, 11) is 6.57. The summed E-state index contributed by atoms with van der Waals surface area (Å²) in [5, 5.41) is 1.58. The SMILES string of the molecule is COc1cc(/C=C(/C(=O)N(C)C)c2ccc(Oc3ccc(CC4SC(=O)NC4=O)cc3)cc2)cc(OC)c1. The van der Waals surface area contributed by atoms with Gasteiger partial charge in [-0.1, -0.05) is 36.0 Å². The number of nitrogens with one attached hydrogen (secondary N) is 1. The van der Waals surface area contributed by atoms with Crippen LogP contribution in [0.25, 0.3) is 11.6 Å². The third-order valence-electron chi connectivity index (χ3n) is 5.83. The molecule has 3 aromatic carbocycles. The fourth-order valence-corrected chi connectivity index (χ4v) is 4.72. The van der Waals surface area contributed by atoms with Gasteiger partial charge in [-0.25, -0.2) is 0 Å². The van der Waals surface area contributed by atoms with E-state index in [9.17, 15) is 14.4 Å². The number of benzene rings is 3. The molecule has 0 bridgehead atoms. The summed E-state index contributed by atoms with van der Waals surface area (Å²) in [4.78, 5) is 37.7. The van der Waals surface area contributed by atoms with E-state index in [4.69, 9.17) is 14.2 Å². The predicted molar refractivity (Wildman–Crippen MR) is 148 cm³/mol. The molecule has 4 rings (SSSR count). The molecule has 0 aromatic heterocycles. The van der Waals surface area contributed by atoms with Crippen LogP contribution in [-0.4, -0.2) is 55.5 Å². The van der Waals surface area contributed by atoms with E-state index in [0.717, 1.165) is 28.5 Å². The minimum atomic E-state index is -0.410. The quantitative estimate of drug-likeness (QED) is 0.306. The molecular formula is C29H28N2O6S. The Bertz CT molecular complexity index is 1340. The molecular weight excluding hydrogens is 504 g/mol. The Morgan fingerprint density at radius 2 is 1.47 bits per heavy atom. The van der Waals surface area contributed by atoms with Crippen LogP contribution in [0.4, 0.5) is 4.79 Å². The molecule has 196 valence electrons. The molecule has 3 aromatic rings. The van der Waals surface area contributed by atoms with Crippen molar-refractivity contribution in [1.29, 1.82) is 0 Å². The lowest BCUT2D eigenvalue weighted by molar-refractivity contribution is -0.122. The molecule has 1 fully saturated rings. The Hall–Kier alpha value is -4.24. The van der Waals surface area contributed by atoms with Gasteiger partial charge in [0.1, 0.15) is 23.0 Å². The zero-order chi connectivity index (χ0) is 27.2. The Kier molecular flexibility index (Phi) is 8.38. The maximum atomic E-state index is 13.0. The van der Waals surface area contributed by atoms with E-state index in [1.807, 2.05) is 48.5 Å². The first kappa shape index (κ1) is 26.8. The van der Waals surface area contributed by atoms with E-state index in [-0.39, 0.29) is 17.1 Å². The number of carbonyl (C=O) groups is 3. The Balaban J connectivity index is 1.51. The van der Waals surface area contributed by atoms with Gasteiger partial charge < -0.3 is 19.1 Å². The van der Waals surface area contributed by atoms with Gasteiger partial charge in [-0.05, 0) is 65.6 Å². The number of imide groups is 1. The topological polar surface area (TPSA) is 94.2 Å². The van der Waals surface area contributed by atoms with Crippen molar-refractivity contribution in [3.8, 4) is 23.0 Å². The molecule has 0 saturated carbocycles. The molecule has 0 radical (unpaired) electrons. The van der Waals surface area contributed by atoms with Crippen molar-refractivity contribution >= 4 is 40.5 Å². The van der Waals surface area contributed by atoms with Crippen LogP contribution in [0.3, 0.4) is 0 Å². The highest BCUT2D eigenvalue weighted by Crippen LogP contribution is 2.30. The van der Waals surface area contributed by atoms with Crippen molar-refractivity contribution in [2.75, 3.05) is 28.3 Å². The second-order valence-electron chi connectivity index (χ2n) is 8.76. The minimum Gasteiger partial charge on any atom is -0.497 e. The number of ether oxygens (including phenoxy) is 3. The first-order chi connectivity index (χ1) is 18.2. The molecule has 0 aliphatic carbocycles. The third-order valence-corrected chi connectivity index (χ3v) is 6.82. The van der Waals surface area contributed by atoms with Crippen LogP contribution in [0.1, 0.15) is 16.7 Å². The summed E-state index contributed by atoms with van der Waals surface area (Å²) in [6.07, 6.45) is 2.27. The van der Waals surface area contributed by atoms with Crippen molar-refractivity contribution in [2.24, 2.45) is 0 Å². The number of nitrogens with zero attached hydrogens (tertiary/aromatic N) is 1. The van der Waals surface area contributed by atoms with E-state index < -0.39 is 5.25 Å². The maximum absolute atomic E-state index is 13.0. The summed E-state index contributed by atoms with van der Waals surface area (Å²) < 4.78 is 16.7. The van der Waals surface area contributed by atoms with Crippen LogP contribution in [0.2, 0.25) is 0 Å². The van der Waals surface area contributed by atoms with E-state index >= 15 is 0 Å². The zero-order valence-corrected chi connectivity index (χ0v) is 22.3. The molecule has 1 saturated heterocycles. The molecule has 1 aliphatic rings. The van der Waals surface area contributed by atoms with Crippen molar-refractivity contribution in [3.63, 3.8) is 0 Å². The lowest BCUT2D eigenvalue weighted by atomic mass is 10.0. The summed E-state index contributed by atoms with van der Waals surface area (Å²) in [5.74, 6) is 2.09. The number of amides is 3. The second-order valence-corrected chi connectivity index (χ2v) is 9.94. The van der Waals surface area contributed by atoms with Gasteiger partial charge in [-0.15, -0.1) is 0 Å². The molecule has 1 heterocycles. The van der Waals surface area contributed by atoms with Gasteiger partial charge in [0.25, 0.3) is 11.1 Å². The van der Waals surface area contributed by atoms with Crippen LogP contribution < -0.4 is 19.5 Å². The van der Waals surface area contributed by atoms with E-state index in [1.165, 1.54) is 4.90 Å². The highest BCUT2D eigenvalue weighted by molar-refractivity contribution is 8.15. The number of hydrogen-bond acceptors (Lipinski definition) is 7. The van der Waals surface area contributed by atoms with Gasteiger partial charge in [-0.3, -0.25) is 19.7 Å². The average Bonchev–Trinajstić information content (AvgIpc) is 3.24. The van der Waals surface area contributed by atoms with Crippen LogP contribution in [0, 0.1) is 0 Å². The van der Waals surface area contributed by atoms with Crippen molar-refractivity contribution < 1.29 is 28.6 Å². The standard InChI is InChI=1S/C29H28N2O6S/c1-31(2)28(33)25(15-19-13-23(35-3)17-24(14-19)36-4)20-7-11-22(12-8-20)37-21-9-5-18(6-10-21)16-26-27(32)30-29(34)38-26/h5-15,17,26H,16H2,1-4H3,(H,30,32,34)/b25-15+. The largest absolute Gasteiger partial charge is 0.497 e. The smallest absolute Gasteiger partial charge is 0.286 e. The van der Waals surface area contributed by atoms with Gasteiger partial charge in [-0.2, -0.15) is 0 Å². The summed E-state index contributed by atoms with van der Waals surface area (Å²) in [6, 6.07) is 20.1. The maximum Gasteiger partial charge on any atom is 0.286 e.